The summed E-state index contributed by atoms with van der Waals surface area (Å²) >= 11 is 0. The number of rotatable bonds is 3. The normalized spacial score (nSPS) is 18.9. The number of hydrogen-bond acceptors (Lipinski definition) is 5. The maximum Gasteiger partial charge on any atom is 0.410 e. The van der Waals surface area contributed by atoms with Gasteiger partial charge in [0, 0.05) is 32.0 Å². The zero-order valence-electron chi connectivity index (χ0n) is 12.3. The Hall–Kier alpha value is -1.85. The van der Waals surface area contributed by atoms with Crippen molar-refractivity contribution in [1.82, 2.24) is 14.9 Å². The third-order valence-corrected chi connectivity index (χ3v) is 3.05. The standard InChI is InChI=1S/C14H22N4O2/c1-14(2,3)20-13(19)18-8-5-11(10-18)9-17-12-15-6-4-7-16-12/h4,6-7,11H,5,8-10H2,1-3H3,(H,15,16,17). The van der Waals surface area contributed by atoms with Crippen molar-refractivity contribution < 1.29 is 9.53 Å². The lowest BCUT2D eigenvalue weighted by Crippen LogP contribution is -2.35. The Morgan fingerprint density at radius 3 is 2.80 bits per heavy atom. The lowest BCUT2D eigenvalue weighted by atomic mass is 10.1. The van der Waals surface area contributed by atoms with Gasteiger partial charge in [0.05, 0.1) is 0 Å². The average Bonchev–Trinajstić information content (AvgIpc) is 2.84. The van der Waals surface area contributed by atoms with Crippen molar-refractivity contribution in [1.29, 1.82) is 0 Å². The van der Waals surface area contributed by atoms with Crippen molar-refractivity contribution in [2.24, 2.45) is 5.92 Å². The summed E-state index contributed by atoms with van der Waals surface area (Å²) in [7, 11) is 0. The topological polar surface area (TPSA) is 67.3 Å². The molecule has 0 radical (unpaired) electrons. The summed E-state index contributed by atoms with van der Waals surface area (Å²) in [6.45, 7) is 7.88. The minimum absolute atomic E-state index is 0.226. The Labute approximate surface area is 119 Å². The van der Waals surface area contributed by atoms with Crippen molar-refractivity contribution in [3.8, 4) is 0 Å². The molecule has 0 bridgehead atoms. The monoisotopic (exact) mass is 278 g/mol. The van der Waals surface area contributed by atoms with Gasteiger partial charge in [0.1, 0.15) is 5.60 Å². The van der Waals surface area contributed by atoms with Gasteiger partial charge in [0.2, 0.25) is 5.95 Å². The Balaban J connectivity index is 1.76. The van der Waals surface area contributed by atoms with Crippen molar-refractivity contribution in [2.75, 3.05) is 25.0 Å². The van der Waals surface area contributed by atoms with Gasteiger partial charge >= 0.3 is 6.09 Å². The molecule has 2 rings (SSSR count). The van der Waals surface area contributed by atoms with Gasteiger partial charge in [-0.3, -0.25) is 0 Å². The number of nitrogens with one attached hydrogen (secondary N) is 1. The summed E-state index contributed by atoms with van der Waals surface area (Å²) in [5.74, 6) is 1.04. The van der Waals surface area contributed by atoms with Crippen LogP contribution < -0.4 is 5.32 Å². The van der Waals surface area contributed by atoms with Crippen molar-refractivity contribution >= 4 is 12.0 Å². The molecule has 1 fully saturated rings. The summed E-state index contributed by atoms with van der Waals surface area (Å²) in [6.07, 6.45) is 4.16. The number of carbonyl (C=O) groups is 1. The number of ether oxygens (including phenoxy) is 1. The number of anilines is 1. The summed E-state index contributed by atoms with van der Waals surface area (Å²) in [6, 6.07) is 1.78. The van der Waals surface area contributed by atoms with Crippen molar-refractivity contribution in [3.63, 3.8) is 0 Å². The van der Waals surface area contributed by atoms with E-state index >= 15 is 0 Å². The van der Waals surface area contributed by atoms with E-state index in [4.69, 9.17) is 4.74 Å². The molecule has 6 nitrogen and oxygen atoms in total. The third kappa shape index (κ3) is 4.36. The Bertz CT molecular complexity index is 444. The first-order valence-electron chi connectivity index (χ1n) is 6.93. The molecular weight excluding hydrogens is 256 g/mol. The fraction of sp³-hybridized carbons (Fsp3) is 0.643. The lowest BCUT2D eigenvalue weighted by Gasteiger charge is -2.24. The summed E-state index contributed by atoms with van der Waals surface area (Å²) in [4.78, 5) is 21.9. The van der Waals surface area contributed by atoms with E-state index in [-0.39, 0.29) is 6.09 Å². The van der Waals surface area contributed by atoms with Gasteiger partial charge < -0.3 is 15.0 Å². The van der Waals surface area contributed by atoms with Crippen LogP contribution in [0.1, 0.15) is 27.2 Å². The highest BCUT2D eigenvalue weighted by Gasteiger charge is 2.29. The zero-order valence-corrected chi connectivity index (χ0v) is 12.3. The third-order valence-electron chi connectivity index (χ3n) is 3.05. The van der Waals surface area contributed by atoms with Crippen LogP contribution in [0.2, 0.25) is 0 Å². The van der Waals surface area contributed by atoms with Crippen LogP contribution in [0.5, 0.6) is 0 Å². The molecule has 1 saturated heterocycles. The van der Waals surface area contributed by atoms with Gasteiger partial charge in [-0.05, 0) is 39.2 Å². The van der Waals surface area contributed by atoms with Gasteiger partial charge in [-0.15, -0.1) is 0 Å². The van der Waals surface area contributed by atoms with E-state index in [0.29, 0.717) is 11.9 Å². The number of likely N-dealkylation sites (tertiary alicyclic amines) is 1. The molecule has 1 aliphatic rings. The molecule has 0 aromatic carbocycles. The minimum Gasteiger partial charge on any atom is -0.444 e. The van der Waals surface area contributed by atoms with Crippen LogP contribution in [0.4, 0.5) is 10.7 Å². The number of aromatic nitrogens is 2. The van der Waals surface area contributed by atoms with Crippen LogP contribution in [0.25, 0.3) is 0 Å². The van der Waals surface area contributed by atoms with Crippen molar-refractivity contribution in [3.05, 3.63) is 18.5 Å². The quantitative estimate of drug-likeness (QED) is 0.917. The minimum atomic E-state index is -0.439. The van der Waals surface area contributed by atoms with Gasteiger partial charge in [-0.25, -0.2) is 14.8 Å². The first-order valence-corrected chi connectivity index (χ1v) is 6.93. The van der Waals surface area contributed by atoms with Crippen LogP contribution >= 0.6 is 0 Å². The molecule has 0 spiro atoms. The second-order valence-corrected chi connectivity index (χ2v) is 6.03. The maximum absolute atomic E-state index is 11.9. The van der Waals surface area contributed by atoms with E-state index in [1.807, 2.05) is 20.8 Å². The highest BCUT2D eigenvalue weighted by Crippen LogP contribution is 2.19. The molecular formula is C14H22N4O2. The summed E-state index contributed by atoms with van der Waals surface area (Å²) < 4.78 is 5.37. The lowest BCUT2D eigenvalue weighted by molar-refractivity contribution is 0.0289. The number of nitrogens with zero attached hydrogens (tertiary/aromatic N) is 3. The first kappa shape index (κ1) is 14.6. The van der Waals surface area contributed by atoms with Crippen LogP contribution in [0.15, 0.2) is 18.5 Å². The summed E-state index contributed by atoms with van der Waals surface area (Å²) in [5, 5.41) is 3.19. The maximum atomic E-state index is 11.9. The average molecular weight is 278 g/mol. The van der Waals surface area contributed by atoms with Gasteiger partial charge in [0.25, 0.3) is 0 Å². The molecule has 1 aliphatic heterocycles. The largest absolute Gasteiger partial charge is 0.444 e. The van der Waals surface area contributed by atoms with Crippen LogP contribution in [-0.2, 0) is 4.74 Å². The van der Waals surface area contributed by atoms with E-state index in [0.717, 1.165) is 26.1 Å². The van der Waals surface area contributed by atoms with E-state index in [2.05, 4.69) is 15.3 Å². The second kappa shape index (κ2) is 6.07. The molecule has 1 atom stereocenters. The van der Waals surface area contributed by atoms with E-state index in [1.54, 1.807) is 23.4 Å². The second-order valence-electron chi connectivity index (χ2n) is 6.03. The number of carbonyl (C=O) groups excluding carboxylic acids is 1. The molecule has 20 heavy (non-hydrogen) atoms. The molecule has 2 heterocycles. The zero-order chi connectivity index (χ0) is 14.6. The van der Waals surface area contributed by atoms with Crippen molar-refractivity contribution in [2.45, 2.75) is 32.8 Å². The molecule has 1 aromatic rings. The van der Waals surface area contributed by atoms with E-state index < -0.39 is 5.60 Å². The Kier molecular flexibility index (Phi) is 4.42. The number of hydrogen-bond donors (Lipinski definition) is 1. The van der Waals surface area contributed by atoms with E-state index in [9.17, 15) is 4.79 Å². The summed E-state index contributed by atoms with van der Waals surface area (Å²) in [5.41, 5.74) is -0.439. The SMILES string of the molecule is CC(C)(C)OC(=O)N1CCC(CNc2ncccn2)C1. The number of amides is 1. The molecule has 0 saturated carbocycles. The van der Waals surface area contributed by atoms with Gasteiger partial charge in [-0.2, -0.15) is 0 Å². The Morgan fingerprint density at radius 1 is 1.45 bits per heavy atom. The van der Waals surface area contributed by atoms with Crippen LogP contribution in [-0.4, -0.2) is 46.2 Å². The first-order chi connectivity index (χ1) is 9.44. The van der Waals surface area contributed by atoms with Gasteiger partial charge in [0.15, 0.2) is 0 Å². The molecule has 6 heteroatoms. The van der Waals surface area contributed by atoms with Crippen LogP contribution in [0.3, 0.4) is 0 Å². The smallest absolute Gasteiger partial charge is 0.410 e. The molecule has 110 valence electrons. The molecule has 1 N–H and O–H groups in total. The van der Waals surface area contributed by atoms with E-state index in [1.165, 1.54) is 0 Å². The highest BCUT2D eigenvalue weighted by molar-refractivity contribution is 5.68. The molecule has 1 amide bonds. The molecule has 0 aliphatic carbocycles. The van der Waals surface area contributed by atoms with Crippen LogP contribution in [0, 0.1) is 5.92 Å². The highest BCUT2D eigenvalue weighted by atomic mass is 16.6. The Morgan fingerprint density at radius 2 is 2.15 bits per heavy atom. The fourth-order valence-electron chi connectivity index (χ4n) is 2.12. The fourth-order valence-corrected chi connectivity index (χ4v) is 2.12. The molecule has 1 aromatic heterocycles. The predicted octanol–water partition coefficient (Wildman–Crippen LogP) is 2.15. The predicted molar refractivity (Wildman–Crippen MR) is 76.4 cm³/mol. The molecule has 1 unspecified atom stereocenters. The van der Waals surface area contributed by atoms with Gasteiger partial charge in [-0.1, -0.05) is 0 Å².